The molecule has 2 unspecified atom stereocenters. The standard InChI is InChI=1S/C20H26N4O4S2/c1-4-13-8-14(21)18-19(22-10-13)24(5-6-30(3,25)26)20(23-18)29-17-9-16-15(7-12(17)2)27-11-28-16/h7,9-10,17,20,23H,2,4-6,8,11,21H2,1,3H3. The number of ether oxygens (including phenoxy) is 2. The van der Waals surface area contributed by atoms with E-state index in [2.05, 4.69) is 23.8 Å². The lowest BCUT2D eigenvalue weighted by atomic mass is 10.1. The maximum absolute atomic E-state index is 11.8. The van der Waals surface area contributed by atoms with E-state index < -0.39 is 9.84 Å². The highest BCUT2D eigenvalue weighted by molar-refractivity contribution is 8.00. The molecule has 0 aromatic rings. The second-order valence-corrected chi connectivity index (χ2v) is 11.1. The Labute approximate surface area is 181 Å². The lowest BCUT2D eigenvalue weighted by Crippen LogP contribution is -2.39. The Bertz CT molecular complexity index is 1020. The number of fused-ring (bicyclic) bond motifs is 2. The molecule has 4 aliphatic rings. The van der Waals surface area contributed by atoms with Gasteiger partial charge < -0.3 is 25.4 Å². The molecule has 2 saturated heterocycles. The molecule has 2 fully saturated rings. The minimum atomic E-state index is -3.14. The molecule has 162 valence electrons. The van der Waals surface area contributed by atoms with Crippen molar-refractivity contribution in [2.24, 2.45) is 10.7 Å². The topological polar surface area (TPSA) is 106 Å². The van der Waals surface area contributed by atoms with Crippen LogP contribution in [0.4, 0.5) is 0 Å². The number of aliphatic imine (C=N–C) groups is 1. The van der Waals surface area contributed by atoms with E-state index in [9.17, 15) is 8.42 Å². The predicted molar refractivity (Wildman–Crippen MR) is 119 cm³/mol. The van der Waals surface area contributed by atoms with E-state index in [0.717, 1.165) is 23.3 Å². The summed E-state index contributed by atoms with van der Waals surface area (Å²) in [5, 5.41) is 3.40. The molecule has 0 bridgehead atoms. The van der Waals surface area contributed by atoms with E-state index in [1.807, 2.05) is 23.3 Å². The number of sulfone groups is 1. The minimum Gasteiger partial charge on any atom is -0.454 e. The van der Waals surface area contributed by atoms with Crippen molar-refractivity contribution in [2.75, 3.05) is 25.3 Å². The van der Waals surface area contributed by atoms with Crippen LogP contribution in [0.1, 0.15) is 19.8 Å². The molecule has 3 heterocycles. The molecule has 0 saturated carbocycles. The first kappa shape index (κ1) is 20.9. The summed E-state index contributed by atoms with van der Waals surface area (Å²) >= 11 is 1.60. The molecular weight excluding hydrogens is 424 g/mol. The Morgan fingerprint density at radius 2 is 2.17 bits per heavy atom. The van der Waals surface area contributed by atoms with Crippen molar-refractivity contribution < 1.29 is 17.9 Å². The highest BCUT2D eigenvalue weighted by Gasteiger charge is 2.38. The van der Waals surface area contributed by atoms with Gasteiger partial charge in [-0.1, -0.05) is 13.5 Å². The summed E-state index contributed by atoms with van der Waals surface area (Å²) in [6.45, 7) is 6.74. The van der Waals surface area contributed by atoms with Gasteiger partial charge >= 0.3 is 0 Å². The summed E-state index contributed by atoms with van der Waals surface area (Å²) in [4.78, 5) is 6.64. The van der Waals surface area contributed by atoms with Crippen molar-refractivity contribution in [3.63, 3.8) is 0 Å². The normalized spacial score (nSPS) is 25.8. The number of allylic oxidation sites excluding steroid dienone is 2. The molecule has 3 N–H and O–H groups in total. The highest BCUT2D eigenvalue weighted by Crippen LogP contribution is 2.38. The van der Waals surface area contributed by atoms with Crippen LogP contribution >= 0.6 is 11.8 Å². The molecule has 0 spiro atoms. The summed E-state index contributed by atoms with van der Waals surface area (Å²) in [5.74, 6) is 2.11. The summed E-state index contributed by atoms with van der Waals surface area (Å²) < 4.78 is 34.6. The van der Waals surface area contributed by atoms with Crippen LogP contribution in [0.5, 0.6) is 0 Å². The first-order valence-electron chi connectivity index (χ1n) is 9.74. The Hall–Kier alpha value is -2.33. The molecule has 0 aromatic heterocycles. The Balaban J connectivity index is 1.62. The quantitative estimate of drug-likeness (QED) is 0.632. The number of hydrogen-bond donors (Lipinski definition) is 2. The fourth-order valence-electron chi connectivity index (χ4n) is 3.54. The van der Waals surface area contributed by atoms with Gasteiger partial charge in [-0.05, 0) is 29.7 Å². The molecule has 3 aliphatic heterocycles. The molecule has 1 aliphatic carbocycles. The number of nitrogens with one attached hydrogen (secondary N) is 1. The SMILES string of the molecule is C=C1C=C2OCOC2=CC1SC1NC2=C(N)CC(CC)=CN=C2N1CCS(C)(=O)=O. The lowest BCUT2D eigenvalue weighted by Gasteiger charge is -2.28. The van der Waals surface area contributed by atoms with Crippen molar-refractivity contribution in [3.8, 4) is 0 Å². The zero-order valence-corrected chi connectivity index (χ0v) is 18.7. The zero-order valence-electron chi connectivity index (χ0n) is 17.1. The fraction of sp³-hybridized carbons (Fsp3) is 0.450. The second kappa shape index (κ2) is 8.07. The number of hydrogen-bond acceptors (Lipinski definition) is 9. The van der Waals surface area contributed by atoms with Crippen LogP contribution in [-0.4, -0.2) is 55.2 Å². The number of nitrogens with two attached hydrogens (primary N) is 1. The van der Waals surface area contributed by atoms with Crippen molar-refractivity contribution in [3.05, 3.63) is 59.0 Å². The maximum atomic E-state index is 11.8. The molecule has 0 radical (unpaired) electrons. The van der Waals surface area contributed by atoms with Gasteiger partial charge in [0.2, 0.25) is 6.79 Å². The van der Waals surface area contributed by atoms with E-state index in [-0.39, 0.29) is 23.3 Å². The van der Waals surface area contributed by atoms with E-state index in [0.29, 0.717) is 36.0 Å². The van der Waals surface area contributed by atoms with Gasteiger partial charge in [0.25, 0.3) is 0 Å². The van der Waals surface area contributed by atoms with Crippen molar-refractivity contribution in [1.82, 2.24) is 10.2 Å². The van der Waals surface area contributed by atoms with Gasteiger partial charge in [0.1, 0.15) is 9.84 Å². The molecule has 8 nitrogen and oxygen atoms in total. The molecule has 30 heavy (non-hydrogen) atoms. The van der Waals surface area contributed by atoms with Crippen molar-refractivity contribution in [1.29, 1.82) is 0 Å². The third kappa shape index (κ3) is 4.24. The van der Waals surface area contributed by atoms with E-state index in [1.165, 1.54) is 6.26 Å². The van der Waals surface area contributed by atoms with Crippen LogP contribution in [0.25, 0.3) is 0 Å². The highest BCUT2D eigenvalue weighted by atomic mass is 32.2. The molecule has 0 amide bonds. The van der Waals surface area contributed by atoms with Gasteiger partial charge in [-0.25, -0.2) is 13.4 Å². The molecule has 10 heteroatoms. The second-order valence-electron chi connectivity index (χ2n) is 7.57. The third-order valence-electron chi connectivity index (χ3n) is 5.24. The average molecular weight is 451 g/mol. The van der Waals surface area contributed by atoms with E-state index in [1.54, 1.807) is 11.8 Å². The monoisotopic (exact) mass is 450 g/mol. The number of nitrogens with zero attached hydrogens (tertiary/aromatic N) is 2. The van der Waals surface area contributed by atoms with E-state index in [4.69, 9.17) is 15.2 Å². The van der Waals surface area contributed by atoms with Crippen molar-refractivity contribution in [2.45, 2.75) is 30.5 Å². The van der Waals surface area contributed by atoms with Crippen LogP contribution in [0.3, 0.4) is 0 Å². The van der Waals surface area contributed by atoms with Gasteiger partial charge in [0, 0.05) is 31.1 Å². The summed E-state index contributed by atoms with van der Waals surface area (Å²) in [6.07, 6.45) is 8.45. The van der Waals surface area contributed by atoms with Gasteiger partial charge in [0.05, 0.1) is 16.7 Å². The van der Waals surface area contributed by atoms with Gasteiger partial charge in [0.15, 0.2) is 22.9 Å². The van der Waals surface area contributed by atoms with Crippen LogP contribution in [0.15, 0.2) is 64.0 Å². The molecular formula is C20H26N4O4S2. The Morgan fingerprint density at radius 3 is 2.90 bits per heavy atom. The van der Waals surface area contributed by atoms with Crippen molar-refractivity contribution >= 4 is 27.4 Å². The summed E-state index contributed by atoms with van der Waals surface area (Å²) in [6, 6.07) is 0. The first-order chi connectivity index (χ1) is 14.2. The zero-order chi connectivity index (χ0) is 21.5. The molecule has 2 atom stereocenters. The molecule has 0 aromatic carbocycles. The summed E-state index contributed by atoms with van der Waals surface area (Å²) in [5.41, 5.74) is 9.65. The smallest absolute Gasteiger partial charge is 0.231 e. The Kier molecular flexibility index (Phi) is 5.63. The predicted octanol–water partition coefficient (Wildman–Crippen LogP) is 1.93. The first-order valence-corrected chi connectivity index (χ1v) is 12.7. The van der Waals surface area contributed by atoms with E-state index >= 15 is 0 Å². The van der Waals surface area contributed by atoms with Gasteiger partial charge in [-0.3, -0.25) is 0 Å². The largest absolute Gasteiger partial charge is 0.454 e. The summed E-state index contributed by atoms with van der Waals surface area (Å²) in [7, 11) is -3.14. The lowest BCUT2D eigenvalue weighted by molar-refractivity contribution is 0.0978. The fourth-order valence-corrected chi connectivity index (χ4v) is 5.33. The van der Waals surface area contributed by atoms with Crippen LogP contribution in [0.2, 0.25) is 0 Å². The number of thioether (sulfide) groups is 1. The average Bonchev–Trinajstić information content (AvgIpc) is 3.22. The third-order valence-corrected chi connectivity index (χ3v) is 7.53. The minimum absolute atomic E-state index is 0.0238. The van der Waals surface area contributed by atoms with Gasteiger partial charge in [-0.2, -0.15) is 0 Å². The maximum Gasteiger partial charge on any atom is 0.231 e. The number of amidine groups is 1. The van der Waals surface area contributed by atoms with Crippen LogP contribution in [-0.2, 0) is 19.3 Å². The van der Waals surface area contributed by atoms with Gasteiger partial charge in [-0.15, -0.1) is 11.8 Å². The molecule has 4 rings (SSSR count). The van der Waals surface area contributed by atoms with Crippen LogP contribution in [0, 0.1) is 0 Å². The number of rotatable bonds is 6. The van der Waals surface area contributed by atoms with Crippen LogP contribution < -0.4 is 11.1 Å². The Morgan fingerprint density at radius 1 is 1.40 bits per heavy atom.